The molecule has 124 valence electrons. The first-order valence-corrected chi connectivity index (χ1v) is 8.25. The third kappa shape index (κ3) is 5.11. The zero-order valence-corrected chi connectivity index (χ0v) is 14.7. The molecule has 0 amide bonds. The van der Waals surface area contributed by atoms with Gasteiger partial charge in [-0.25, -0.2) is 0 Å². The van der Waals surface area contributed by atoms with Gasteiger partial charge in [-0.2, -0.15) is 0 Å². The molecule has 2 aromatic rings. The van der Waals surface area contributed by atoms with E-state index in [0.29, 0.717) is 16.6 Å². The van der Waals surface area contributed by atoms with Crippen LogP contribution in [0.1, 0.15) is 24.2 Å². The molecule has 0 bridgehead atoms. The van der Waals surface area contributed by atoms with Crippen molar-refractivity contribution in [2.45, 2.75) is 25.5 Å². The second-order valence-electron chi connectivity index (χ2n) is 5.51. The summed E-state index contributed by atoms with van der Waals surface area (Å²) < 4.78 is 5.36. The van der Waals surface area contributed by atoms with Gasteiger partial charge in [-0.05, 0) is 42.7 Å². The molecule has 0 aromatic heterocycles. The molecule has 23 heavy (non-hydrogen) atoms. The fourth-order valence-electron chi connectivity index (χ4n) is 2.42. The van der Waals surface area contributed by atoms with Gasteiger partial charge in [0.25, 0.3) is 0 Å². The van der Waals surface area contributed by atoms with Crippen molar-refractivity contribution in [2.24, 2.45) is 0 Å². The van der Waals surface area contributed by atoms with E-state index in [9.17, 15) is 5.11 Å². The first-order valence-electron chi connectivity index (χ1n) is 7.49. The van der Waals surface area contributed by atoms with Crippen LogP contribution in [0.2, 0.25) is 10.0 Å². The van der Waals surface area contributed by atoms with E-state index in [4.69, 9.17) is 27.9 Å². The molecule has 0 fully saturated rings. The highest BCUT2D eigenvalue weighted by Crippen LogP contribution is 2.25. The number of hydrogen-bond donors (Lipinski definition) is 2. The van der Waals surface area contributed by atoms with Crippen LogP contribution in [-0.2, 0) is 6.42 Å². The van der Waals surface area contributed by atoms with Crippen molar-refractivity contribution in [2.75, 3.05) is 13.7 Å². The summed E-state index contributed by atoms with van der Waals surface area (Å²) in [6.07, 6.45) is 0.183. The SMILES string of the molecule is COc1ccccc1CC(C)NC[C@H](O)c1ccc(Cl)c(Cl)c1. The number of rotatable bonds is 7. The topological polar surface area (TPSA) is 41.5 Å². The van der Waals surface area contributed by atoms with Crippen molar-refractivity contribution in [3.05, 3.63) is 63.6 Å². The maximum atomic E-state index is 10.3. The molecule has 0 aliphatic rings. The highest BCUT2D eigenvalue weighted by atomic mass is 35.5. The second-order valence-corrected chi connectivity index (χ2v) is 6.33. The maximum absolute atomic E-state index is 10.3. The second kappa shape index (κ2) is 8.55. The fraction of sp³-hybridized carbons (Fsp3) is 0.333. The van der Waals surface area contributed by atoms with Crippen LogP contribution in [-0.4, -0.2) is 24.8 Å². The molecule has 0 saturated heterocycles. The van der Waals surface area contributed by atoms with Crippen LogP contribution in [0, 0.1) is 0 Å². The Hall–Kier alpha value is -1.26. The predicted octanol–water partition coefficient (Wildman–Crippen LogP) is 4.26. The van der Waals surface area contributed by atoms with Crippen molar-refractivity contribution in [3.8, 4) is 5.75 Å². The lowest BCUT2D eigenvalue weighted by atomic mass is 10.0. The Morgan fingerprint density at radius 2 is 1.87 bits per heavy atom. The van der Waals surface area contributed by atoms with Crippen LogP contribution in [0.5, 0.6) is 5.75 Å². The van der Waals surface area contributed by atoms with Crippen molar-refractivity contribution < 1.29 is 9.84 Å². The lowest BCUT2D eigenvalue weighted by molar-refractivity contribution is 0.170. The van der Waals surface area contributed by atoms with Crippen LogP contribution in [0.25, 0.3) is 0 Å². The molecule has 2 N–H and O–H groups in total. The minimum absolute atomic E-state index is 0.198. The van der Waals surface area contributed by atoms with E-state index >= 15 is 0 Å². The van der Waals surface area contributed by atoms with E-state index in [1.807, 2.05) is 24.3 Å². The van der Waals surface area contributed by atoms with Gasteiger partial charge in [0, 0.05) is 12.6 Å². The minimum atomic E-state index is -0.634. The van der Waals surface area contributed by atoms with Crippen molar-refractivity contribution >= 4 is 23.2 Å². The van der Waals surface area contributed by atoms with Crippen molar-refractivity contribution in [1.82, 2.24) is 5.32 Å². The van der Waals surface area contributed by atoms with E-state index in [0.717, 1.165) is 23.3 Å². The summed E-state index contributed by atoms with van der Waals surface area (Å²) in [6, 6.07) is 13.3. The average Bonchev–Trinajstić information content (AvgIpc) is 2.55. The lowest BCUT2D eigenvalue weighted by Gasteiger charge is -2.19. The van der Waals surface area contributed by atoms with Gasteiger partial charge < -0.3 is 15.2 Å². The number of nitrogens with one attached hydrogen (secondary N) is 1. The van der Waals surface area contributed by atoms with Gasteiger partial charge in [0.05, 0.1) is 23.3 Å². The van der Waals surface area contributed by atoms with Crippen LogP contribution in [0.15, 0.2) is 42.5 Å². The Labute approximate surface area is 147 Å². The third-order valence-electron chi connectivity index (χ3n) is 3.71. The normalized spacial score (nSPS) is 13.6. The summed E-state index contributed by atoms with van der Waals surface area (Å²) in [5.74, 6) is 0.881. The lowest BCUT2D eigenvalue weighted by Crippen LogP contribution is -2.32. The highest BCUT2D eigenvalue weighted by molar-refractivity contribution is 6.42. The molecule has 0 heterocycles. The molecular weight excluding hydrogens is 333 g/mol. The predicted molar refractivity (Wildman–Crippen MR) is 95.6 cm³/mol. The van der Waals surface area contributed by atoms with Gasteiger partial charge in [0.1, 0.15) is 5.75 Å². The van der Waals surface area contributed by atoms with E-state index in [-0.39, 0.29) is 6.04 Å². The molecule has 2 aromatic carbocycles. The number of ether oxygens (including phenoxy) is 1. The zero-order chi connectivity index (χ0) is 16.8. The van der Waals surface area contributed by atoms with Gasteiger partial charge in [0.2, 0.25) is 0 Å². The number of aliphatic hydroxyl groups excluding tert-OH is 1. The summed E-state index contributed by atoms with van der Waals surface area (Å²) in [6.45, 7) is 2.52. The molecule has 2 atom stereocenters. The zero-order valence-electron chi connectivity index (χ0n) is 13.2. The average molecular weight is 354 g/mol. The smallest absolute Gasteiger partial charge is 0.122 e. The van der Waals surface area contributed by atoms with Gasteiger partial charge >= 0.3 is 0 Å². The molecule has 0 aliphatic carbocycles. The van der Waals surface area contributed by atoms with Gasteiger partial charge in [-0.15, -0.1) is 0 Å². The molecule has 2 rings (SSSR count). The standard InChI is InChI=1S/C18H21Cl2NO2/c1-12(9-14-5-3-4-6-18(14)23-2)21-11-17(22)13-7-8-15(19)16(20)10-13/h3-8,10,12,17,21-22H,9,11H2,1-2H3/t12?,17-/m0/s1. The molecule has 1 unspecified atom stereocenters. The number of aliphatic hydroxyl groups is 1. The number of methoxy groups -OCH3 is 1. The number of halogens is 2. The molecule has 0 aliphatic heterocycles. The summed E-state index contributed by atoms with van der Waals surface area (Å²) in [5.41, 5.74) is 1.88. The van der Waals surface area contributed by atoms with E-state index < -0.39 is 6.10 Å². The maximum Gasteiger partial charge on any atom is 0.122 e. The number of para-hydroxylation sites is 1. The molecule has 0 saturated carbocycles. The minimum Gasteiger partial charge on any atom is -0.496 e. The summed E-state index contributed by atoms with van der Waals surface area (Å²) in [7, 11) is 1.67. The first kappa shape index (κ1) is 18.1. The van der Waals surface area contributed by atoms with Gasteiger partial charge in [0.15, 0.2) is 0 Å². The Balaban J connectivity index is 1.90. The number of benzene rings is 2. The van der Waals surface area contributed by atoms with Gasteiger partial charge in [-0.3, -0.25) is 0 Å². The van der Waals surface area contributed by atoms with Crippen LogP contribution in [0.4, 0.5) is 0 Å². The Kier molecular flexibility index (Phi) is 6.72. The monoisotopic (exact) mass is 353 g/mol. The van der Waals surface area contributed by atoms with Crippen LogP contribution in [0.3, 0.4) is 0 Å². The molecule has 0 radical (unpaired) electrons. The Bertz CT molecular complexity index is 649. The number of hydrogen-bond acceptors (Lipinski definition) is 3. The quantitative estimate of drug-likeness (QED) is 0.781. The van der Waals surface area contributed by atoms with E-state index in [1.54, 1.807) is 25.3 Å². The fourth-order valence-corrected chi connectivity index (χ4v) is 2.73. The van der Waals surface area contributed by atoms with Crippen LogP contribution < -0.4 is 10.1 Å². The molecular formula is C18H21Cl2NO2. The van der Waals surface area contributed by atoms with Gasteiger partial charge in [-0.1, -0.05) is 47.5 Å². The highest BCUT2D eigenvalue weighted by Gasteiger charge is 2.12. The van der Waals surface area contributed by atoms with Crippen molar-refractivity contribution in [3.63, 3.8) is 0 Å². The summed E-state index contributed by atoms with van der Waals surface area (Å²) in [4.78, 5) is 0. The largest absolute Gasteiger partial charge is 0.496 e. The third-order valence-corrected chi connectivity index (χ3v) is 4.45. The van der Waals surface area contributed by atoms with Crippen LogP contribution >= 0.6 is 23.2 Å². The van der Waals surface area contributed by atoms with E-state index in [1.165, 1.54) is 0 Å². The summed E-state index contributed by atoms with van der Waals surface area (Å²) >= 11 is 11.9. The van der Waals surface area contributed by atoms with E-state index in [2.05, 4.69) is 12.2 Å². The summed E-state index contributed by atoms with van der Waals surface area (Å²) in [5, 5.41) is 14.5. The Morgan fingerprint density at radius 3 is 2.57 bits per heavy atom. The first-order chi connectivity index (χ1) is 11.0. The molecule has 3 nitrogen and oxygen atoms in total. The molecule has 5 heteroatoms. The van der Waals surface area contributed by atoms with Crippen molar-refractivity contribution in [1.29, 1.82) is 0 Å². The Morgan fingerprint density at radius 1 is 1.13 bits per heavy atom. The molecule has 0 spiro atoms.